The average molecular weight is 273 g/mol. The summed E-state index contributed by atoms with van der Waals surface area (Å²) in [4.78, 5) is 4.90. The van der Waals surface area contributed by atoms with Crippen LogP contribution in [0.25, 0.3) is 11.0 Å². The highest BCUT2D eigenvalue weighted by molar-refractivity contribution is 5.89. The highest BCUT2D eigenvalue weighted by Gasteiger charge is 2.23. The van der Waals surface area contributed by atoms with Crippen LogP contribution in [-0.4, -0.2) is 23.2 Å². The lowest BCUT2D eigenvalue weighted by atomic mass is 10.1. The van der Waals surface area contributed by atoms with Gasteiger partial charge in [-0.1, -0.05) is 13.3 Å². The van der Waals surface area contributed by atoms with Crippen LogP contribution >= 0.6 is 0 Å². The molecule has 1 aliphatic rings. The van der Waals surface area contributed by atoms with Crippen LogP contribution in [0.3, 0.4) is 0 Å². The van der Waals surface area contributed by atoms with Gasteiger partial charge in [0.2, 0.25) is 0 Å². The van der Waals surface area contributed by atoms with Crippen LogP contribution in [0.15, 0.2) is 6.07 Å². The zero-order valence-corrected chi connectivity index (χ0v) is 12.6. The maximum Gasteiger partial charge on any atom is 0.144 e. The lowest BCUT2D eigenvalue weighted by Gasteiger charge is -2.15. The Morgan fingerprint density at radius 1 is 1.40 bits per heavy atom. The van der Waals surface area contributed by atoms with E-state index in [0.29, 0.717) is 0 Å². The Balaban J connectivity index is 2.31. The summed E-state index contributed by atoms with van der Waals surface area (Å²) in [5, 5.41) is 4.67. The Kier molecular flexibility index (Phi) is 3.66. The topological polar surface area (TPSA) is 39.1 Å². The SMILES string of the molecule is CCCc1cc(OC)c2c3c(n(CC)c2n1)CCNC3. The molecule has 0 unspecified atom stereocenters. The molecule has 0 aromatic carbocycles. The molecule has 2 aromatic heterocycles. The molecule has 0 fully saturated rings. The van der Waals surface area contributed by atoms with Crippen molar-refractivity contribution in [1.82, 2.24) is 14.9 Å². The third-order valence-electron chi connectivity index (χ3n) is 4.13. The maximum absolute atomic E-state index is 5.66. The zero-order chi connectivity index (χ0) is 14.1. The number of fused-ring (bicyclic) bond motifs is 3. The molecule has 2 aromatic rings. The van der Waals surface area contributed by atoms with Crippen molar-refractivity contribution in [2.45, 2.75) is 46.2 Å². The van der Waals surface area contributed by atoms with Crippen LogP contribution in [-0.2, 0) is 25.9 Å². The number of aromatic nitrogens is 2. The Hall–Kier alpha value is -1.55. The first kappa shape index (κ1) is 13.4. The van der Waals surface area contributed by atoms with Crippen LogP contribution in [0.5, 0.6) is 5.75 Å². The molecule has 0 saturated heterocycles. The summed E-state index contributed by atoms with van der Waals surface area (Å²) < 4.78 is 8.03. The number of aryl methyl sites for hydroxylation is 2. The smallest absolute Gasteiger partial charge is 0.144 e. The van der Waals surface area contributed by atoms with Gasteiger partial charge in [-0.15, -0.1) is 0 Å². The molecule has 0 amide bonds. The minimum atomic E-state index is 0.921. The van der Waals surface area contributed by atoms with Crippen LogP contribution in [0.4, 0.5) is 0 Å². The minimum Gasteiger partial charge on any atom is -0.496 e. The quantitative estimate of drug-likeness (QED) is 0.931. The van der Waals surface area contributed by atoms with Crippen molar-refractivity contribution >= 4 is 11.0 Å². The highest BCUT2D eigenvalue weighted by atomic mass is 16.5. The van der Waals surface area contributed by atoms with Crippen molar-refractivity contribution in [3.63, 3.8) is 0 Å². The van der Waals surface area contributed by atoms with E-state index in [-0.39, 0.29) is 0 Å². The van der Waals surface area contributed by atoms with Crippen molar-refractivity contribution < 1.29 is 4.74 Å². The summed E-state index contributed by atoms with van der Waals surface area (Å²) in [6.07, 6.45) is 3.19. The first-order valence-electron chi connectivity index (χ1n) is 7.58. The predicted molar refractivity (Wildman–Crippen MR) is 81.4 cm³/mol. The number of hydrogen-bond donors (Lipinski definition) is 1. The summed E-state index contributed by atoms with van der Waals surface area (Å²) in [6.45, 7) is 7.32. The normalized spacial score (nSPS) is 14.6. The number of rotatable bonds is 4. The Labute approximate surface area is 120 Å². The molecular weight excluding hydrogens is 250 g/mol. The van der Waals surface area contributed by atoms with Gasteiger partial charge in [0.25, 0.3) is 0 Å². The van der Waals surface area contributed by atoms with E-state index in [1.807, 2.05) is 0 Å². The van der Waals surface area contributed by atoms with Crippen LogP contribution in [0, 0.1) is 0 Å². The Morgan fingerprint density at radius 2 is 2.25 bits per heavy atom. The summed E-state index contributed by atoms with van der Waals surface area (Å²) >= 11 is 0. The van der Waals surface area contributed by atoms with Crippen molar-refractivity contribution in [3.8, 4) is 5.75 Å². The van der Waals surface area contributed by atoms with E-state index in [2.05, 4.69) is 29.8 Å². The summed E-state index contributed by atoms with van der Waals surface area (Å²) in [6, 6.07) is 2.11. The van der Waals surface area contributed by atoms with Crippen LogP contribution < -0.4 is 10.1 Å². The monoisotopic (exact) mass is 273 g/mol. The molecule has 1 N–H and O–H groups in total. The molecule has 4 heteroatoms. The third-order valence-corrected chi connectivity index (χ3v) is 4.13. The molecular formula is C16H23N3O. The molecule has 0 saturated carbocycles. The van der Waals surface area contributed by atoms with E-state index in [1.165, 1.54) is 16.6 Å². The molecule has 1 aliphatic heterocycles. The van der Waals surface area contributed by atoms with E-state index in [9.17, 15) is 0 Å². The molecule has 0 radical (unpaired) electrons. The van der Waals surface area contributed by atoms with Gasteiger partial charge in [0.05, 0.1) is 12.5 Å². The van der Waals surface area contributed by atoms with Crippen molar-refractivity contribution in [3.05, 3.63) is 23.0 Å². The number of methoxy groups -OCH3 is 1. The lowest BCUT2D eigenvalue weighted by Crippen LogP contribution is -2.24. The van der Waals surface area contributed by atoms with Gasteiger partial charge in [0.15, 0.2) is 0 Å². The van der Waals surface area contributed by atoms with Crippen LogP contribution in [0.2, 0.25) is 0 Å². The lowest BCUT2D eigenvalue weighted by molar-refractivity contribution is 0.418. The fraction of sp³-hybridized carbons (Fsp3) is 0.562. The first-order chi connectivity index (χ1) is 9.80. The van der Waals surface area contributed by atoms with Crippen molar-refractivity contribution in [2.75, 3.05) is 13.7 Å². The van der Waals surface area contributed by atoms with Crippen molar-refractivity contribution in [1.29, 1.82) is 0 Å². The Morgan fingerprint density at radius 3 is 2.95 bits per heavy atom. The Bertz CT molecular complexity index is 630. The van der Waals surface area contributed by atoms with E-state index in [0.717, 1.165) is 56.0 Å². The molecule has 0 aliphatic carbocycles. The van der Waals surface area contributed by atoms with Gasteiger partial charge in [0.1, 0.15) is 11.4 Å². The maximum atomic E-state index is 5.66. The molecule has 108 valence electrons. The highest BCUT2D eigenvalue weighted by Crippen LogP contribution is 2.35. The standard InChI is InChI=1S/C16H23N3O/c1-4-6-11-9-14(20-3)15-12-10-17-8-7-13(12)19(5-2)16(15)18-11/h9,17H,4-8,10H2,1-3H3. The fourth-order valence-corrected chi connectivity index (χ4v) is 3.25. The number of nitrogens with one attached hydrogen (secondary N) is 1. The molecule has 3 rings (SSSR count). The van der Waals surface area contributed by atoms with Crippen LogP contribution in [0.1, 0.15) is 37.2 Å². The van der Waals surface area contributed by atoms with Gasteiger partial charge in [-0.05, 0) is 13.3 Å². The van der Waals surface area contributed by atoms with Gasteiger partial charge in [0, 0.05) is 49.1 Å². The molecule has 0 spiro atoms. The van der Waals surface area contributed by atoms with Gasteiger partial charge < -0.3 is 14.6 Å². The largest absolute Gasteiger partial charge is 0.496 e. The van der Waals surface area contributed by atoms with E-state index < -0.39 is 0 Å². The molecule has 0 bridgehead atoms. The summed E-state index contributed by atoms with van der Waals surface area (Å²) in [5.41, 5.74) is 5.04. The first-order valence-corrected chi connectivity index (χ1v) is 7.58. The third kappa shape index (κ3) is 1.99. The number of ether oxygens (including phenoxy) is 1. The molecule has 4 nitrogen and oxygen atoms in total. The average Bonchev–Trinajstić information content (AvgIpc) is 2.80. The second-order valence-corrected chi connectivity index (χ2v) is 5.36. The summed E-state index contributed by atoms with van der Waals surface area (Å²) in [5.74, 6) is 0.977. The molecule has 3 heterocycles. The fourth-order valence-electron chi connectivity index (χ4n) is 3.25. The minimum absolute atomic E-state index is 0.921. The molecule has 20 heavy (non-hydrogen) atoms. The van der Waals surface area contributed by atoms with Crippen molar-refractivity contribution in [2.24, 2.45) is 0 Å². The predicted octanol–water partition coefficient (Wildman–Crippen LogP) is 2.66. The molecule has 0 atom stereocenters. The second kappa shape index (κ2) is 5.44. The van der Waals surface area contributed by atoms with E-state index >= 15 is 0 Å². The van der Waals surface area contributed by atoms with E-state index in [4.69, 9.17) is 9.72 Å². The second-order valence-electron chi connectivity index (χ2n) is 5.36. The summed E-state index contributed by atoms with van der Waals surface area (Å²) in [7, 11) is 1.76. The van der Waals surface area contributed by atoms with Gasteiger partial charge in [-0.3, -0.25) is 0 Å². The van der Waals surface area contributed by atoms with E-state index in [1.54, 1.807) is 7.11 Å². The van der Waals surface area contributed by atoms with Gasteiger partial charge in [-0.25, -0.2) is 4.98 Å². The zero-order valence-electron chi connectivity index (χ0n) is 12.6. The number of hydrogen-bond acceptors (Lipinski definition) is 3. The van der Waals surface area contributed by atoms with Gasteiger partial charge >= 0.3 is 0 Å². The van der Waals surface area contributed by atoms with Gasteiger partial charge in [-0.2, -0.15) is 0 Å². The number of pyridine rings is 1. The number of nitrogens with zero attached hydrogens (tertiary/aromatic N) is 2.